The van der Waals surface area contributed by atoms with Crippen LogP contribution in [0.4, 0.5) is 0 Å². The molecule has 2 aromatic carbocycles. The summed E-state index contributed by atoms with van der Waals surface area (Å²) in [6.07, 6.45) is 17.7. The number of nitrogens with one attached hydrogen (secondary N) is 2. The second kappa shape index (κ2) is 19.5. The van der Waals surface area contributed by atoms with Crippen LogP contribution in [0.1, 0.15) is 141 Å². The van der Waals surface area contributed by atoms with Crippen molar-refractivity contribution >= 4 is 12.2 Å². The average Bonchev–Trinajstić information content (AvgIpc) is 3.64. The van der Waals surface area contributed by atoms with Crippen molar-refractivity contribution in [3.05, 3.63) is 77.9 Å². The molecule has 3 N–H and O–H groups in total. The third-order valence-corrected chi connectivity index (χ3v) is 15.3. The Hall–Kier alpha value is -2.96. The number of para-hydroxylation sites is 1. The van der Waals surface area contributed by atoms with Gasteiger partial charge in [0.2, 0.25) is 0 Å². The summed E-state index contributed by atoms with van der Waals surface area (Å²) in [5.41, 5.74) is 3.73. The Morgan fingerprint density at radius 3 is 2.29 bits per heavy atom. The van der Waals surface area contributed by atoms with E-state index in [0.29, 0.717) is 34.8 Å². The Kier molecular flexibility index (Phi) is 15.8. The molecule has 6 nitrogen and oxygen atoms in total. The standard InChI is InChI=1S/C26H42O2.C18H22N2O2.C3H6.C2H6/c1-23(2)20-10-13-24(3)18-9-15-26(16-27)12-5-6-19(26)17(18)7-8-21(24)25(20,4)14-11-22(23)28;1-19-11-10-14-6-5-8-15(12-14)18(21)20-13-16-7-3-4-9-17(16)22-2;1-3-2;1-2/h16-22,28H,5-15H2,1-4H3;3-9,12,19H,10-11,13H2,1-2H3,(H,20,21);3H,1H2,2H3;1-2H3. The fourth-order valence-electron chi connectivity index (χ4n) is 12.7. The van der Waals surface area contributed by atoms with Crippen LogP contribution >= 0.6 is 0 Å². The molecular weight excluding hydrogens is 681 g/mol. The molecule has 5 saturated carbocycles. The number of methoxy groups -OCH3 is 1. The molecule has 5 aliphatic rings. The summed E-state index contributed by atoms with van der Waals surface area (Å²) >= 11 is 0. The van der Waals surface area contributed by atoms with Crippen LogP contribution in [0.25, 0.3) is 0 Å². The second-order valence-corrected chi connectivity index (χ2v) is 18.2. The normalized spacial score (nSPS) is 33.7. The van der Waals surface area contributed by atoms with Crippen molar-refractivity contribution in [1.29, 1.82) is 0 Å². The first-order chi connectivity index (χ1) is 26.3. The monoisotopic (exact) mass is 757 g/mol. The topological polar surface area (TPSA) is 87.7 Å². The van der Waals surface area contributed by atoms with Crippen LogP contribution in [0.5, 0.6) is 5.75 Å². The van der Waals surface area contributed by atoms with Gasteiger partial charge in [0.15, 0.2) is 0 Å². The Labute approximate surface area is 335 Å². The Morgan fingerprint density at radius 2 is 1.60 bits per heavy atom. The van der Waals surface area contributed by atoms with Gasteiger partial charge in [0.05, 0.1) is 13.2 Å². The van der Waals surface area contributed by atoms with Crippen LogP contribution in [0.15, 0.2) is 61.2 Å². The van der Waals surface area contributed by atoms with E-state index in [-0.39, 0.29) is 22.8 Å². The number of aldehydes is 1. The SMILES string of the molecule is C=CC.CC.CC1(C)C(O)CCC2(C)C1CCC1(C)C3CCC4(C=O)CCCC4C3CCC12.CNCCc1cccc(C(=O)NCc2ccccc2OC)c1. The van der Waals surface area contributed by atoms with Crippen LogP contribution in [-0.4, -0.2) is 44.1 Å². The lowest BCUT2D eigenvalue weighted by molar-refractivity contribution is -0.213. The number of carbonyl (C=O) groups excluding carboxylic acids is 2. The Balaban J connectivity index is 0.000000225. The van der Waals surface area contributed by atoms with Crippen LogP contribution in [0.2, 0.25) is 0 Å². The molecule has 0 radical (unpaired) electrons. The highest BCUT2D eigenvalue weighted by molar-refractivity contribution is 5.94. The summed E-state index contributed by atoms with van der Waals surface area (Å²) in [6, 6.07) is 15.4. The predicted octanol–water partition coefficient (Wildman–Crippen LogP) is 10.6. The number of fused-ring (bicyclic) bond motifs is 7. The van der Waals surface area contributed by atoms with Gasteiger partial charge in [0, 0.05) is 23.1 Å². The number of amides is 1. The van der Waals surface area contributed by atoms with Crippen LogP contribution < -0.4 is 15.4 Å². The molecule has 5 fully saturated rings. The molecule has 0 aliphatic heterocycles. The van der Waals surface area contributed by atoms with Crippen molar-refractivity contribution in [3.63, 3.8) is 0 Å². The number of benzene rings is 2. The maximum Gasteiger partial charge on any atom is 0.251 e. The minimum atomic E-state index is -0.132. The number of carbonyl (C=O) groups is 2. The molecule has 0 saturated heterocycles. The Bertz CT molecular complexity index is 1550. The lowest BCUT2D eigenvalue weighted by Crippen LogP contribution is -2.63. The van der Waals surface area contributed by atoms with Crippen molar-refractivity contribution in [1.82, 2.24) is 10.6 Å². The quantitative estimate of drug-likeness (QED) is 0.184. The molecule has 5 aliphatic carbocycles. The first kappa shape index (κ1) is 44.8. The van der Waals surface area contributed by atoms with Crippen LogP contribution in [0.3, 0.4) is 0 Å². The second-order valence-electron chi connectivity index (χ2n) is 18.2. The van der Waals surface area contributed by atoms with Crippen molar-refractivity contribution in [2.24, 2.45) is 51.2 Å². The van der Waals surface area contributed by atoms with Gasteiger partial charge in [-0.25, -0.2) is 0 Å². The maximum absolute atomic E-state index is 12.3. The van der Waals surface area contributed by atoms with Gasteiger partial charge in [-0.1, -0.05) is 84.4 Å². The van der Waals surface area contributed by atoms with Gasteiger partial charge >= 0.3 is 0 Å². The van der Waals surface area contributed by atoms with Gasteiger partial charge in [-0.15, -0.1) is 6.58 Å². The van der Waals surface area contributed by atoms with Crippen molar-refractivity contribution in [2.75, 3.05) is 20.7 Å². The minimum Gasteiger partial charge on any atom is -0.496 e. The first-order valence-corrected chi connectivity index (χ1v) is 21.7. The largest absolute Gasteiger partial charge is 0.496 e. The molecule has 306 valence electrons. The molecule has 0 heterocycles. The highest BCUT2D eigenvalue weighted by Crippen LogP contribution is 2.72. The highest BCUT2D eigenvalue weighted by Gasteiger charge is 2.66. The molecule has 0 aromatic heterocycles. The fraction of sp³-hybridized carbons (Fsp3) is 0.673. The lowest BCUT2D eigenvalue weighted by atomic mass is 9.36. The number of allylic oxidation sites excluding steroid dienone is 1. The Morgan fingerprint density at radius 1 is 0.891 bits per heavy atom. The molecule has 9 unspecified atom stereocenters. The number of aliphatic hydroxyl groups is 1. The molecule has 1 amide bonds. The summed E-state index contributed by atoms with van der Waals surface area (Å²) in [5.74, 6) is 4.47. The molecule has 0 bridgehead atoms. The maximum atomic E-state index is 12.3. The van der Waals surface area contributed by atoms with E-state index in [4.69, 9.17) is 4.74 Å². The van der Waals surface area contributed by atoms with E-state index >= 15 is 0 Å². The molecular formula is C49H76N2O4. The summed E-state index contributed by atoms with van der Waals surface area (Å²) in [4.78, 5) is 24.4. The first-order valence-electron chi connectivity index (χ1n) is 21.7. The van der Waals surface area contributed by atoms with Crippen molar-refractivity contribution in [3.8, 4) is 5.75 Å². The van der Waals surface area contributed by atoms with Crippen LogP contribution in [0, 0.1) is 51.2 Å². The van der Waals surface area contributed by atoms with Gasteiger partial charge in [-0.05, 0) is 161 Å². The zero-order valence-corrected chi connectivity index (χ0v) is 36.0. The number of likely N-dealkylation sites (N-methyl/N-ethyl adjacent to an activating group) is 1. The highest BCUT2D eigenvalue weighted by atomic mass is 16.5. The molecule has 7 rings (SSSR count). The van der Waals surface area contributed by atoms with E-state index in [0.717, 1.165) is 66.9 Å². The van der Waals surface area contributed by atoms with E-state index in [1.54, 1.807) is 13.2 Å². The zero-order chi connectivity index (χ0) is 40.4. The zero-order valence-electron chi connectivity index (χ0n) is 36.0. The summed E-state index contributed by atoms with van der Waals surface area (Å²) in [6.45, 7) is 20.5. The van der Waals surface area contributed by atoms with Crippen molar-refractivity contribution < 1.29 is 19.4 Å². The molecule has 9 atom stereocenters. The number of hydrogen-bond acceptors (Lipinski definition) is 5. The van der Waals surface area contributed by atoms with Gasteiger partial charge in [-0.2, -0.15) is 0 Å². The van der Waals surface area contributed by atoms with E-state index < -0.39 is 0 Å². The van der Waals surface area contributed by atoms with E-state index in [1.165, 1.54) is 57.7 Å². The smallest absolute Gasteiger partial charge is 0.251 e. The number of ether oxygens (including phenoxy) is 1. The minimum absolute atomic E-state index is 0.0441. The predicted molar refractivity (Wildman–Crippen MR) is 228 cm³/mol. The number of aliphatic hydroxyl groups excluding tert-OH is 1. The van der Waals surface area contributed by atoms with Gasteiger partial charge in [0.25, 0.3) is 5.91 Å². The number of hydrogen-bond donors (Lipinski definition) is 3. The third kappa shape index (κ3) is 9.12. The van der Waals surface area contributed by atoms with Gasteiger partial charge in [-0.3, -0.25) is 4.79 Å². The lowest BCUT2D eigenvalue weighted by Gasteiger charge is -2.69. The van der Waals surface area contributed by atoms with E-state index in [2.05, 4.69) is 44.9 Å². The van der Waals surface area contributed by atoms with Gasteiger partial charge in [0.1, 0.15) is 12.0 Å². The molecule has 6 heteroatoms. The molecule has 55 heavy (non-hydrogen) atoms. The average molecular weight is 757 g/mol. The van der Waals surface area contributed by atoms with Gasteiger partial charge < -0.3 is 25.3 Å². The molecule has 2 aromatic rings. The number of rotatable bonds is 8. The summed E-state index contributed by atoms with van der Waals surface area (Å²) in [5, 5.41) is 16.8. The van der Waals surface area contributed by atoms with E-state index in [1.807, 2.05) is 76.3 Å². The van der Waals surface area contributed by atoms with Crippen LogP contribution in [-0.2, 0) is 17.8 Å². The van der Waals surface area contributed by atoms with Crippen molar-refractivity contribution in [2.45, 2.75) is 138 Å². The van der Waals surface area contributed by atoms with E-state index in [9.17, 15) is 14.7 Å². The third-order valence-electron chi connectivity index (χ3n) is 15.3. The summed E-state index contributed by atoms with van der Waals surface area (Å²) < 4.78 is 5.29. The molecule has 0 spiro atoms. The fourth-order valence-corrected chi connectivity index (χ4v) is 12.7. The summed E-state index contributed by atoms with van der Waals surface area (Å²) in [7, 11) is 3.55.